The number of nitrogens with one attached hydrogen (secondary N) is 1. The summed E-state index contributed by atoms with van der Waals surface area (Å²) in [6, 6.07) is 8.05. The largest absolute Gasteiger partial charge is 0.493 e. The van der Waals surface area contributed by atoms with Gasteiger partial charge in [-0.1, -0.05) is 36.0 Å². The van der Waals surface area contributed by atoms with Gasteiger partial charge >= 0.3 is 0 Å². The Morgan fingerprint density at radius 3 is 3.12 bits per heavy atom. The maximum Gasteiger partial charge on any atom is 0.151 e. The highest BCUT2D eigenvalue weighted by Crippen LogP contribution is 2.32. The van der Waals surface area contributed by atoms with Gasteiger partial charge < -0.3 is 10.5 Å². The zero-order valence-electron chi connectivity index (χ0n) is 8.90. The van der Waals surface area contributed by atoms with Crippen LogP contribution in [0.2, 0.25) is 0 Å². The molecule has 16 heavy (non-hydrogen) atoms. The summed E-state index contributed by atoms with van der Waals surface area (Å²) in [6.07, 6.45) is 3.06. The topological polar surface area (TPSA) is 59.1 Å². The average molecular weight is 234 g/mol. The SMILES string of the molecule is N=C(N)SCC=C1CCOc2ccccc21. The first-order valence-corrected chi connectivity index (χ1v) is 6.14. The number of nitrogens with two attached hydrogens (primary N) is 1. The van der Waals surface area contributed by atoms with Crippen LogP contribution in [0.15, 0.2) is 30.3 Å². The van der Waals surface area contributed by atoms with Gasteiger partial charge in [0.15, 0.2) is 5.17 Å². The van der Waals surface area contributed by atoms with Gasteiger partial charge in [-0.15, -0.1) is 0 Å². The van der Waals surface area contributed by atoms with Crippen molar-refractivity contribution < 1.29 is 4.74 Å². The van der Waals surface area contributed by atoms with Gasteiger partial charge in [0.25, 0.3) is 0 Å². The van der Waals surface area contributed by atoms with Crippen LogP contribution in [0, 0.1) is 5.41 Å². The zero-order valence-corrected chi connectivity index (χ0v) is 9.72. The third-order valence-electron chi connectivity index (χ3n) is 2.43. The predicted molar refractivity (Wildman–Crippen MR) is 68.9 cm³/mol. The van der Waals surface area contributed by atoms with Gasteiger partial charge in [-0.2, -0.15) is 0 Å². The van der Waals surface area contributed by atoms with E-state index in [2.05, 4.69) is 12.1 Å². The van der Waals surface area contributed by atoms with Crippen molar-refractivity contribution in [3.8, 4) is 5.75 Å². The van der Waals surface area contributed by atoms with Crippen LogP contribution < -0.4 is 10.5 Å². The highest BCUT2D eigenvalue weighted by molar-refractivity contribution is 8.13. The molecule has 0 saturated heterocycles. The van der Waals surface area contributed by atoms with E-state index in [1.54, 1.807) is 0 Å². The molecule has 84 valence electrons. The van der Waals surface area contributed by atoms with Crippen molar-refractivity contribution in [3.63, 3.8) is 0 Å². The molecule has 1 heterocycles. The van der Waals surface area contributed by atoms with Crippen LogP contribution in [-0.4, -0.2) is 17.5 Å². The van der Waals surface area contributed by atoms with Gasteiger partial charge in [0.05, 0.1) is 6.61 Å². The molecule has 0 aliphatic carbocycles. The van der Waals surface area contributed by atoms with Gasteiger partial charge in [0.1, 0.15) is 5.75 Å². The molecule has 0 fully saturated rings. The number of ether oxygens (including phenoxy) is 1. The number of hydrogen-bond acceptors (Lipinski definition) is 3. The standard InChI is InChI=1S/C12H14N2OS/c13-12(14)16-8-6-9-5-7-15-11-4-2-1-3-10(9)11/h1-4,6H,5,7-8H2,(H3,13,14). The second-order valence-corrected chi connectivity index (χ2v) is 4.56. The lowest BCUT2D eigenvalue weighted by atomic mass is 10.00. The quantitative estimate of drug-likeness (QED) is 0.610. The molecule has 4 heteroatoms. The van der Waals surface area contributed by atoms with Gasteiger partial charge in [-0.3, -0.25) is 5.41 Å². The van der Waals surface area contributed by atoms with Crippen molar-refractivity contribution in [1.82, 2.24) is 0 Å². The van der Waals surface area contributed by atoms with Gasteiger partial charge in [-0.05, 0) is 11.6 Å². The van der Waals surface area contributed by atoms with E-state index in [0.29, 0.717) is 0 Å². The minimum atomic E-state index is 0.164. The molecule has 1 aromatic rings. The van der Waals surface area contributed by atoms with E-state index in [1.165, 1.54) is 17.3 Å². The van der Waals surface area contributed by atoms with Crippen molar-refractivity contribution in [3.05, 3.63) is 35.9 Å². The molecule has 0 radical (unpaired) electrons. The molecule has 1 aliphatic rings. The summed E-state index contributed by atoms with van der Waals surface area (Å²) in [4.78, 5) is 0. The van der Waals surface area contributed by atoms with Crippen molar-refractivity contribution in [2.45, 2.75) is 6.42 Å². The monoisotopic (exact) mass is 234 g/mol. The van der Waals surface area contributed by atoms with Gasteiger partial charge in [0, 0.05) is 17.7 Å². The Labute approximate surface area is 99.2 Å². The Kier molecular flexibility index (Phi) is 3.51. The summed E-state index contributed by atoms with van der Waals surface area (Å²) in [5.74, 6) is 1.70. The second kappa shape index (κ2) is 5.07. The molecule has 3 N–H and O–H groups in total. The maximum absolute atomic E-state index is 7.14. The van der Waals surface area contributed by atoms with E-state index in [9.17, 15) is 0 Å². The first-order valence-electron chi connectivity index (χ1n) is 5.15. The number of fused-ring (bicyclic) bond motifs is 1. The molecular weight excluding hydrogens is 220 g/mol. The minimum absolute atomic E-state index is 0.164. The second-order valence-electron chi connectivity index (χ2n) is 3.50. The summed E-state index contributed by atoms with van der Waals surface area (Å²) in [5, 5.41) is 7.31. The van der Waals surface area contributed by atoms with Gasteiger partial charge in [-0.25, -0.2) is 0 Å². The van der Waals surface area contributed by atoms with Crippen molar-refractivity contribution in [2.75, 3.05) is 12.4 Å². The fourth-order valence-electron chi connectivity index (χ4n) is 1.71. The summed E-state index contributed by atoms with van der Waals surface area (Å²) in [5.41, 5.74) is 7.75. The summed E-state index contributed by atoms with van der Waals surface area (Å²) < 4.78 is 5.57. The molecule has 0 saturated carbocycles. The van der Waals surface area contributed by atoms with Crippen LogP contribution >= 0.6 is 11.8 Å². The lowest BCUT2D eigenvalue weighted by Gasteiger charge is -2.19. The van der Waals surface area contributed by atoms with Crippen LogP contribution in [0.4, 0.5) is 0 Å². The van der Waals surface area contributed by atoms with Crippen LogP contribution in [-0.2, 0) is 0 Å². The molecule has 0 aromatic heterocycles. The van der Waals surface area contributed by atoms with E-state index in [1.807, 2.05) is 18.2 Å². The smallest absolute Gasteiger partial charge is 0.151 e. The number of thioether (sulfide) groups is 1. The van der Waals surface area contributed by atoms with Crippen LogP contribution in [0.5, 0.6) is 5.75 Å². The highest BCUT2D eigenvalue weighted by Gasteiger charge is 2.13. The maximum atomic E-state index is 7.14. The van der Waals surface area contributed by atoms with Crippen molar-refractivity contribution in [2.24, 2.45) is 5.73 Å². The Morgan fingerprint density at radius 2 is 2.31 bits per heavy atom. The molecule has 1 aliphatic heterocycles. The molecule has 0 amide bonds. The Bertz CT molecular complexity index is 429. The van der Waals surface area contributed by atoms with Crippen molar-refractivity contribution in [1.29, 1.82) is 5.41 Å². The fourth-order valence-corrected chi connectivity index (χ4v) is 2.17. The van der Waals surface area contributed by atoms with Crippen LogP contribution in [0.25, 0.3) is 5.57 Å². The van der Waals surface area contributed by atoms with Crippen molar-refractivity contribution >= 4 is 22.5 Å². The Morgan fingerprint density at radius 1 is 1.50 bits per heavy atom. The lowest BCUT2D eigenvalue weighted by Crippen LogP contribution is -2.08. The first kappa shape index (κ1) is 11.1. The fraction of sp³-hybridized carbons (Fsp3) is 0.250. The van der Waals surface area contributed by atoms with E-state index < -0.39 is 0 Å². The highest BCUT2D eigenvalue weighted by atomic mass is 32.2. The third-order valence-corrected chi connectivity index (χ3v) is 3.07. The predicted octanol–water partition coefficient (Wildman–Crippen LogP) is 2.48. The summed E-state index contributed by atoms with van der Waals surface area (Å²) in [6.45, 7) is 0.730. The van der Waals surface area contributed by atoms with E-state index in [0.717, 1.165) is 30.1 Å². The Balaban J connectivity index is 2.15. The first-order chi connectivity index (χ1) is 7.77. The zero-order chi connectivity index (χ0) is 11.4. The molecule has 3 nitrogen and oxygen atoms in total. The molecular formula is C12H14N2OS. The van der Waals surface area contributed by atoms with Crippen LogP contribution in [0.1, 0.15) is 12.0 Å². The summed E-state index contributed by atoms with van der Waals surface area (Å²) in [7, 11) is 0. The van der Waals surface area contributed by atoms with E-state index >= 15 is 0 Å². The molecule has 0 bridgehead atoms. The third kappa shape index (κ3) is 2.58. The molecule has 0 spiro atoms. The van der Waals surface area contributed by atoms with Crippen LogP contribution in [0.3, 0.4) is 0 Å². The number of benzene rings is 1. The lowest BCUT2D eigenvalue weighted by molar-refractivity contribution is 0.316. The summed E-state index contributed by atoms with van der Waals surface area (Å²) >= 11 is 1.34. The molecule has 2 rings (SSSR count). The number of amidine groups is 1. The minimum Gasteiger partial charge on any atom is -0.493 e. The molecule has 0 atom stereocenters. The van der Waals surface area contributed by atoms with Gasteiger partial charge in [0.2, 0.25) is 0 Å². The van der Waals surface area contributed by atoms with E-state index in [-0.39, 0.29) is 5.17 Å². The normalized spacial score (nSPS) is 16.6. The number of rotatable bonds is 2. The molecule has 1 aromatic carbocycles. The van der Waals surface area contributed by atoms with E-state index in [4.69, 9.17) is 15.9 Å². The average Bonchev–Trinajstić information content (AvgIpc) is 2.29. The number of hydrogen-bond donors (Lipinski definition) is 2. The number of para-hydroxylation sites is 1. The molecule has 0 unspecified atom stereocenters. The Hall–Kier alpha value is -1.42.